The fourth-order valence-electron chi connectivity index (χ4n) is 4.07. The topological polar surface area (TPSA) is 74.8 Å². The lowest BCUT2D eigenvalue weighted by Gasteiger charge is -2.40. The van der Waals surface area contributed by atoms with E-state index in [0.717, 1.165) is 51.4 Å². The van der Waals surface area contributed by atoms with Gasteiger partial charge in [-0.25, -0.2) is 16.8 Å². The molecule has 0 aromatic heterocycles. The molecule has 0 aliphatic carbocycles. The Kier molecular flexibility index (Phi) is 5.50. The summed E-state index contributed by atoms with van der Waals surface area (Å²) in [6.07, 6.45) is 6.26. The van der Waals surface area contributed by atoms with E-state index in [0.29, 0.717) is 13.1 Å². The van der Waals surface area contributed by atoms with Gasteiger partial charge in [0, 0.05) is 19.3 Å². The van der Waals surface area contributed by atoms with E-state index < -0.39 is 19.9 Å². The molecule has 8 heteroatoms. The van der Waals surface area contributed by atoms with Crippen molar-refractivity contribution < 1.29 is 16.8 Å². The van der Waals surface area contributed by atoms with Crippen molar-refractivity contribution in [1.29, 1.82) is 0 Å². The lowest BCUT2D eigenvalue weighted by molar-refractivity contribution is 0.107. The molecule has 2 fully saturated rings. The number of hydrogen-bond donors (Lipinski definition) is 0. The maximum absolute atomic E-state index is 13.0. The zero-order valence-electron chi connectivity index (χ0n) is 15.5. The van der Waals surface area contributed by atoms with Crippen molar-refractivity contribution in [1.82, 2.24) is 9.21 Å². The molecule has 2 saturated heterocycles. The summed E-state index contributed by atoms with van der Waals surface area (Å²) in [4.78, 5) is 2.65. The molecule has 2 aliphatic heterocycles. The third kappa shape index (κ3) is 4.13. The van der Waals surface area contributed by atoms with Crippen LogP contribution in [0.2, 0.25) is 0 Å². The molecule has 3 rings (SSSR count). The fraction of sp³-hybridized carbons (Fsp3) is 0.667. The van der Waals surface area contributed by atoms with Crippen molar-refractivity contribution in [3.05, 3.63) is 24.3 Å². The lowest BCUT2D eigenvalue weighted by atomic mass is 9.73. The Hall–Kier alpha value is -0.960. The molecule has 0 amide bonds. The molecule has 2 aliphatic rings. The van der Waals surface area contributed by atoms with Gasteiger partial charge in [-0.3, -0.25) is 0 Å². The van der Waals surface area contributed by atoms with E-state index in [2.05, 4.69) is 11.9 Å². The summed E-state index contributed by atoms with van der Waals surface area (Å²) in [6, 6.07) is 5.56. The first-order chi connectivity index (χ1) is 12.1. The Bertz CT molecular complexity index is 840. The Balaban J connectivity index is 1.76. The van der Waals surface area contributed by atoms with Crippen molar-refractivity contribution in [2.45, 2.75) is 41.9 Å². The quantitative estimate of drug-likeness (QED) is 0.776. The van der Waals surface area contributed by atoms with Crippen LogP contribution in [-0.4, -0.2) is 65.5 Å². The molecule has 26 heavy (non-hydrogen) atoms. The van der Waals surface area contributed by atoms with Crippen LogP contribution in [0.5, 0.6) is 0 Å². The van der Waals surface area contributed by atoms with Gasteiger partial charge in [-0.05, 0) is 81.9 Å². The minimum atomic E-state index is -3.59. The molecular weight excluding hydrogens is 372 g/mol. The number of rotatable bonds is 3. The first-order valence-electron chi connectivity index (χ1n) is 9.11. The van der Waals surface area contributed by atoms with Crippen molar-refractivity contribution >= 4 is 19.9 Å². The van der Waals surface area contributed by atoms with E-state index >= 15 is 0 Å². The first kappa shape index (κ1) is 19.8. The lowest BCUT2D eigenvalue weighted by Crippen LogP contribution is -2.39. The van der Waals surface area contributed by atoms with Gasteiger partial charge in [0.2, 0.25) is 10.0 Å². The van der Waals surface area contributed by atoms with Gasteiger partial charge in [0.1, 0.15) is 0 Å². The number of piperidine rings is 1. The molecule has 0 bridgehead atoms. The van der Waals surface area contributed by atoms with Crippen LogP contribution in [0.4, 0.5) is 0 Å². The monoisotopic (exact) mass is 400 g/mol. The molecule has 0 saturated carbocycles. The van der Waals surface area contributed by atoms with E-state index in [4.69, 9.17) is 0 Å². The molecule has 0 N–H and O–H groups in total. The van der Waals surface area contributed by atoms with Crippen LogP contribution in [0, 0.1) is 5.41 Å². The number of benzene rings is 1. The molecule has 146 valence electrons. The number of sulfone groups is 1. The van der Waals surface area contributed by atoms with Gasteiger partial charge < -0.3 is 4.90 Å². The molecule has 0 atom stereocenters. The van der Waals surface area contributed by atoms with E-state index in [1.54, 1.807) is 4.31 Å². The van der Waals surface area contributed by atoms with Gasteiger partial charge in [-0.15, -0.1) is 0 Å². The molecule has 1 spiro atoms. The summed E-state index contributed by atoms with van der Waals surface area (Å²) in [5, 5.41) is 0. The summed E-state index contributed by atoms with van der Waals surface area (Å²) in [7, 11) is -4.78. The second-order valence-electron chi connectivity index (χ2n) is 7.80. The van der Waals surface area contributed by atoms with Crippen LogP contribution in [0.15, 0.2) is 34.1 Å². The molecule has 0 unspecified atom stereocenters. The number of likely N-dealkylation sites (tertiary alicyclic amines) is 1. The molecule has 2 heterocycles. The average molecular weight is 401 g/mol. The highest BCUT2D eigenvalue weighted by molar-refractivity contribution is 7.90. The zero-order chi connectivity index (χ0) is 19.0. The Morgan fingerprint density at radius 2 is 1.35 bits per heavy atom. The molecule has 0 radical (unpaired) electrons. The Morgan fingerprint density at radius 3 is 1.92 bits per heavy atom. The highest BCUT2D eigenvalue weighted by Crippen LogP contribution is 2.41. The van der Waals surface area contributed by atoms with Crippen LogP contribution in [0.25, 0.3) is 0 Å². The maximum Gasteiger partial charge on any atom is 0.243 e. The maximum atomic E-state index is 13.0. The normalized spacial score (nSPS) is 23.0. The smallest absolute Gasteiger partial charge is 0.243 e. The van der Waals surface area contributed by atoms with Crippen LogP contribution in [-0.2, 0) is 19.9 Å². The number of hydrogen-bond acceptors (Lipinski definition) is 5. The van der Waals surface area contributed by atoms with Crippen LogP contribution in [0.1, 0.15) is 32.1 Å². The number of nitrogens with zero attached hydrogens (tertiary/aromatic N) is 2. The van der Waals surface area contributed by atoms with Gasteiger partial charge >= 0.3 is 0 Å². The van der Waals surface area contributed by atoms with E-state index in [9.17, 15) is 16.8 Å². The minimum Gasteiger partial charge on any atom is -0.306 e. The third-order valence-electron chi connectivity index (χ3n) is 5.94. The summed E-state index contributed by atoms with van der Waals surface area (Å²) < 4.78 is 50.7. The second-order valence-corrected chi connectivity index (χ2v) is 11.8. The molecular formula is C18H28N2O4S2. The fourth-order valence-corrected chi connectivity index (χ4v) is 6.18. The van der Waals surface area contributed by atoms with Crippen molar-refractivity contribution in [3.63, 3.8) is 0 Å². The van der Waals surface area contributed by atoms with Gasteiger partial charge in [-0.2, -0.15) is 4.31 Å². The third-order valence-corrected chi connectivity index (χ3v) is 8.98. The minimum absolute atomic E-state index is 0.137. The zero-order valence-corrected chi connectivity index (χ0v) is 17.2. The summed E-state index contributed by atoms with van der Waals surface area (Å²) >= 11 is 0. The first-order valence-corrected chi connectivity index (χ1v) is 12.4. The Morgan fingerprint density at radius 1 is 0.808 bits per heavy atom. The summed E-state index contributed by atoms with van der Waals surface area (Å²) in [5.74, 6) is 0. The highest BCUT2D eigenvalue weighted by Gasteiger charge is 2.37. The average Bonchev–Trinajstić information content (AvgIpc) is 2.80. The van der Waals surface area contributed by atoms with E-state index in [1.165, 1.54) is 24.3 Å². The van der Waals surface area contributed by atoms with Gasteiger partial charge in [0.05, 0.1) is 9.79 Å². The van der Waals surface area contributed by atoms with Crippen LogP contribution >= 0.6 is 0 Å². The van der Waals surface area contributed by atoms with Crippen LogP contribution in [0.3, 0.4) is 0 Å². The van der Waals surface area contributed by atoms with Crippen molar-refractivity contribution in [2.24, 2.45) is 5.41 Å². The van der Waals surface area contributed by atoms with E-state index in [-0.39, 0.29) is 15.2 Å². The molecule has 1 aromatic rings. The summed E-state index contributed by atoms with van der Waals surface area (Å²) in [6.45, 7) is 3.24. The van der Waals surface area contributed by atoms with Crippen molar-refractivity contribution in [3.8, 4) is 0 Å². The largest absolute Gasteiger partial charge is 0.306 e. The van der Waals surface area contributed by atoms with Gasteiger partial charge in [-0.1, -0.05) is 0 Å². The van der Waals surface area contributed by atoms with Crippen molar-refractivity contribution in [2.75, 3.05) is 39.5 Å². The molecule has 1 aromatic carbocycles. The standard InChI is InChI=1S/C18H28N2O4S2/c1-19-13-9-18(10-14-19)8-3-12-20(15-11-18)26(23,24)17-6-4-16(5-7-17)25(2,21)22/h4-7H,3,8-15H2,1-2H3. The summed E-state index contributed by atoms with van der Waals surface area (Å²) in [5.41, 5.74) is 0.275. The van der Waals surface area contributed by atoms with Crippen LogP contribution < -0.4 is 0 Å². The highest BCUT2D eigenvalue weighted by atomic mass is 32.2. The molecule has 6 nitrogen and oxygen atoms in total. The number of sulfonamides is 1. The SMILES string of the molecule is CN1CCC2(CCCN(S(=O)(=O)c3ccc(S(C)(=O)=O)cc3)CC2)CC1. The predicted molar refractivity (Wildman–Crippen MR) is 101 cm³/mol. The predicted octanol–water partition coefficient (Wildman–Crippen LogP) is 1.98. The van der Waals surface area contributed by atoms with Gasteiger partial charge in [0.15, 0.2) is 9.84 Å². The Labute approximate surface area is 157 Å². The van der Waals surface area contributed by atoms with E-state index in [1.807, 2.05) is 0 Å². The second kappa shape index (κ2) is 7.22. The van der Waals surface area contributed by atoms with Gasteiger partial charge in [0.25, 0.3) is 0 Å².